The van der Waals surface area contributed by atoms with Gasteiger partial charge in [-0.3, -0.25) is 19.4 Å². The molecule has 0 aliphatic carbocycles. The van der Waals surface area contributed by atoms with E-state index in [9.17, 15) is 14.0 Å². The lowest BCUT2D eigenvalue weighted by Gasteiger charge is -2.37. The summed E-state index contributed by atoms with van der Waals surface area (Å²) in [6, 6.07) is 17.6. The fraction of sp³-hybridized carbons (Fsp3) is 0.148. The minimum atomic E-state index is -0.662. The van der Waals surface area contributed by atoms with E-state index in [0.717, 1.165) is 18.8 Å². The van der Waals surface area contributed by atoms with E-state index in [4.69, 9.17) is 40.2 Å². The first-order valence-electron chi connectivity index (χ1n) is 11.4. The van der Waals surface area contributed by atoms with Crippen molar-refractivity contribution in [3.8, 4) is 0 Å². The van der Waals surface area contributed by atoms with E-state index in [0.29, 0.717) is 24.5 Å². The fourth-order valence-electron chi connectivity index (χ4n) is 4.19. The topological polar surface area (TPSA) is 53.1 Å². The second-order valence-corrected chi connectivity index (χ2v) is 9.51. The molecule has 2 aliphatic heterocycles. The Balaban J connectivity index is 1.59. The number of hydrogen-bond donors (Lipinski definition) is 0. The van der Waals surface area contributed by atoms with Gasteiger partial charge in [0.2, 0.25) is 0 Å². The van der Waals surface area contributed by atoms with Crippen molar-refractivity contribution >= 4 is 75.5 Å². The first-order chi connectivity index (χ1) is 17.8. The van der Waals surface area contributed by atoms with Gasteiger partial charge in [0, 0.05) is 18.8 Å². The molecule has 0 N–H and O–H groups in total. The van der Waals surface area contributed by atoms with Crippen molar-refractivity contribution in [2.24, 2.45) is 0 Å². The van der Waals surface area contributed by atoms with E-state index in [-0.39, 0.29) is 26.4 Å². The van der Waals surface area contributed by atoms with E-state index in [1.54, 1.807) is 30.3 Å². The van der Waals surface area contributed by atoms with Crippen LogP contribution in [0.5, 0.6) is 0 Å². The number of ether oxygens (including phenoxy) is 1. The average molecular weight is 556 g/mol. The molecule has 6 nitrogen and oxygen atoms in total. The van der Waals surface area contributed by atoms with Gasteiger partial charge in [-0.2, -0.15) is 0 Å². The fourth-order valence-corrected chi connectivity index (χ4v) is 4.94. The summed E-state index contributed by atoms with van der Waals surface area (Å²) >= 11 is 18.3. The first kappa shape index (κ1) is 25.4. The summed E-state index contributed by atoms with van der Waals surface area (Å²) < 4.78 is 18.9. The van der Waals surface area contributed by atoms with Crippen molar-refractivity contribution < 1.29 is 18.7 Å². The molecule has 0 spiro atoms. The summed E-state index contributed by atoms with van der Waals surface area (Å²) in [5.41, 5.74) is 2.03. The van der Waals surface area contributed by atoms with Gasteiger partial charge in [-0.15, -0.1) is 0 Å². The minimum Gasteiger partial charge on any atom is -0.378 e. The van der Waals surface area contributed by atoms with E-state index < -0.39 is 17.6 Å². The predicted molar refractivity (Wildman–Crippen MR) is 148 cm³/mol. The smallest absolute Gasteiger partial charge is 0.270 e. The minimum absolute atomic E-state index is 0.0606. The Morgan fingerprint density at radius 1 is 0.838 bits per heavy atom. The van der Waals surface area contributed by atoms with E-state index in [1.807, 2.05) is 12.1 Å². The third-order valence-electron chi connectivity index (χ3n) is 6.09. The molecular formula is C27H20Cl2FN3O3S. The van der Waals surface area contributed by atoms with Crippen molar-refractivity contribution in [2.75, 3.05) is 41.0 Å². The number of thiocarbonyl (C=S) groups is 1. The van der Waals surface area contributed by atoms with Gasteiger partial charge in [0.05, 0.1) is 34.6 Å². The Morgan fingerprint density at radius 3 is 2.14 bits per heavy atom. The molecule has 2 amide bonds. The summed E-state index contributed by atoms with van der Waals surface area (Å²) in [6.07, 6.45) is 1.41. The van der Waals surface area contributed by atoms with Gasteiger partial charge >= 0.3 is 0 Å². The molecule has 2 aliphatic rings. The lowest BCUT2D eigenvalue weighted by atomic mass is 10.0. The zero-order chi connectivity index (χ0) is 26.1. The van der Waals surface area contributed by atoms with Gasteiger partial charge < -0.3 is 9.64 Å². The second-order valence-electron chi connectivity index (χ2n) is 8.36. The lowest BCUT2D eigenvalue weighted by molar-refractivity contribution is -0.120. The summed E-state index contributed by atoms with van der Waals surface area (Å²) in [5, 5.41) is 0.296. The van der Waals surface area contributed by atoms with Crippen molar-refractivity contribution in [1.82, 2.24) is 0 Å². The Labute approximate surface area is 228 Å². The van der Waals surface area contributed by atoms with Crippen LogP contribution < -0.4 is 14.7 Å². The molecule has 0 unspecified atom stereocenters. The highest BCUT2D eigenvalue weighted by atomic mass is 35.5. The number of amides is 2. The Bertz CT molecular complexity index is 1410. The molecule has 37 heavy (non-hydrogen) atoms. The van der Waals surface area contributed by atoms with Crippen molar-refractivity contribution in [1.29, 1.82) is 0 Å². The number of halogens is 3. The molecular weight excluding hydrogens is 536 g/mol. The van der Waals surface area contributed by atoms with Crippen LogP contribution in [0.25, 0.3) is 6.08 Å². The molecule has 0 atom stereocenters. The van der Waals surface area contributed by atoms with Crippen LogP contribution in [-0.2, 0) is 14.3 Å². The van der Waals surface area contributed by atoms with Gasteiger partial charge in [0.15, 0.2) is 5.11 Å². The van der Waals surface area contributed by atoms with Crippen LogP contribution in [0, 0.1) is 5.82 Å². The lowest BCUT2D eigenvalue weighted by Crippen LogP contribution is -2.57. The molecule has 0 aromatic heterocycles. The molecule has 2 fully saturated rings. The number of benzene rings is 3. The summed E-state index contributed by atoms with van der Waals surface area (Å²) in [5.74, 6) is -1.70. The standard InChI is InChI=1S/C27H20Cl2FN3O3S/c28-22-2-1-3-23(24(22)29)33-26(35)21(16-17-4-6-18(30)7-5-17)25(34)32(27(33)37)20-10-8-19(9-11-20)31-12-14-36-15-13-31/h1-11,16H,12-15H2/b21-16-. The molecule has 10 heteroatoms. The molecule has 3 aromatic rings. The quantitative estimate of drug-likeness (QED) is 0.234. The number of hydrogen-bond acceptors (Lipinski definition) is 5. The Hall–Kier alpha value is -3.30. The number of nitrogens with zero attached hydrogens (tertiary/aromatic N) is 3. The third kappa shape index (κ3) is 4.98. The molecule has 0 bridgehead atoms. The number of rotatable bonds is 4. The first-order valence-corrected chi connectivity index (χ1v) is 12.6. The second kappa shape index (κ2) is 10.6. The van der Waals surface area contributed by atoms with Gasteiger partial charge in [-0.05, 0) is 72.4 Å². The van der Waals surface area contributed by atoms with Gasteiger partial charge in [0.25, 0.3) is 11.8 Å². The SMILES string of the molecule is O=C1/C(=C/c2ccc(F)cc2)C(=O)N(c2cccc(Cl)c2Cl)C(=S)N1c1ccc(N2CCOCC2)cc1. The zero-order valence-corrected chi connectivity index (χ0v) is 21.7. The summed E-state index contributed by atoms with van der Waals surface area (Å²) in [4.78, 5) is 32.0. The number of carbonyl (C=O) groups excluding carboxylic acids is 2. The highest BCUT2D eigenvalue weighted by Crippen LogP contribution is 2.37. The molecule has 0 saturated carbocycles. The number of morpholine rings is 1. The van der Waals surface area contributed by atoms with Crippen LogP contribution in [0.15, 0.2) is 72.3 Å². The van der Waals surface area contributed by atoms with Gasteiger partial charge in [-0.25, -0.2) is 4.39 Å². The van der Waals surface area contributed by atoms with Gasteiger partial charge in [-0.1, -0.05) is 41.4 Å². The predicted octanol–water partition coefficient (Wildman–Crippen LogP) is 5.72. The highest BCUT2D eigenvalue weighted by molar-refractivity contribution is 7.81. The Kier molecular flexibility index (Phi) is 7.26. The average Bonchev–Trinajstić information content (AvgIpc) is 2.91. The van der Waals surface area contributed by atoms with Crippen molar-refractivity contribution in [3.05, 3.63) is 93.7 Å². The number of anilines is 3. The molecule has 188 valence electrons. The van der Waals surface area contributed by atoms with Crippen molar-refractivity contribution in [2.45, 2.75) is 0 Å². The molecule has 3 aromatic carbocycles. The normalized spacial score (nSPS) is 17.6. The van der Waals surface area contributed by atoms with Crippen LogP contribution in [0.1, 0.15) is 5.56 Å². The monoisotopic (exact) mass is 555 g/mol. The van der Waals surface area contributed by atoms with Gasteiger partial charge in [0.1, 0.15) is 11.4 Å². The maximum Gasteiger partial charge on any atom is 0.270 e. The molecule has 0 radical (unpaired) electrons. The highest BCUT2D eigenvalue weighted by Gasteiger charge is 2.42. The van der Waals surface area contributed by atoms with E-state index in [2.05, 4.69) is 4.90 Å². The van der Waals surface area contributed by atoms with Crippen LogP contribution in [0.3, 0.4) is 0 Å². The summed E-state index contributed by atoms with van der Waals surface area (Å²) in [6.45, 7) is 2.82. The van der Waals surface area contributed by atoms with Crippen LogP contribution in [-0.4, -0.2) is 43.2 Å². The maximum absolute atomic E-state index is 13.7. The van der Waals surface area contributed by atoms with Crippen LogP contribution in [0.2, 0.25) is 10.0 Å². The molecule has 5 rings (SSSR count). The van der Waals surface area contributed by atoms with E-state index >= 15 is 0 Å². The number of carbonyl (C=O) groups is 2. The van der Waals surface area contributed by atoms with Crippen LogP contribution >= 0.6 is 35.4 Å². The van der Waals surface area contributed by atoms with E-state index in [1.165, 1.54) is 40.1 Å². The largest absolute Gasteiger partial charge is 0.378 e. The molecule has 2 heterocycles. The third-order valence-corrected chi connectivity index (χ3v) is 7.26. The summed E-state index contributed by atoms with van der Waals surface area (Å²) in [7, 11) is 0. The maximum atomic E-state index is 13.7. The Morgan fingerprint density at radius 2 is 1.46 bits per heavy atom. The van der Waals surface area contributed by atoms with Crippen LogP contribution in [0.4, 0.5) is 21.5 Å². The zero-order valence-electron chi connectivity index (χ0n) is 19.4. The molecule has 2 saturated heterocycles. The van der Waals surface area contributed by atoms with Crippen molar-refractivity contribution in [3.63, 3.8) is 0 Å².